The van der Waals surface area contributed by atoms with E-state index < -0.39 is 0 Å². The van der Waals surface area contributed by atoms with Gasteiger partial charge >= 0.3 is 5.69 Å². The van der Waals surface area contributed by atoms with Crippen LogP contribution in [0.5, 0.6) is 0 Å². The van der Waals surface area contributed by atoms with Crippen LogP contribution in [0.15, 0.2) is 17.2 Å². The molecule has 2 N–H and O–H groups in total. The summed E-state index contributed by atoms with van der Waals surface area (Å²) < 4.78 is 1.37. The average Bonchev–Trinajstić information content (AvgIpc) is 2.66. The SMILES string of the molecule is O=c1[nH]nc2cc(N3CCCCCC3CO)ncn12. The molecule has 0 bridgehead atoms. The number of aliphatic hydroxyl groups is 1. The highest BCUT2D eigenvalue weighted by molar-refractivity contribution is 5.50. The van der Waals surface area contributed by atoms with Gasteiger partial charge in [-0.3, -0.25) is 0 Å². The van der Waals surface area contributed by atoms with Crippen molar-refractivity contribution in [1.29, 1.82) is 0 Å². The Labute approximate surface area is 109 Å². The van der Waals surface area contributed by atoms with Crippen molar-refractivity contribution in [2.45, 2.75) is 31.7 Å². The Hall–Kier alpha value is -1.89. The third-order valence-corrected chi connectivity index (χ3v) is 3.68. The Balaban J connectivity index is 1.98. The van der Waals surface area contributed by atoms with Crippen molar-refractivity contribution in [1.82, 2.24) is 19.6 Å². The third-order valence-electron chi connectivity index (χ3n) is 3.68. The van der Waals surface area contributed by atoms with E-state index in [4.69, 9.17) is 0 Å². The minimum atomic E-state index is -0.288. The second kappa shape index (κ2) is 5.00. The summed E-state index contributed by atoms with van der Waals surface area (Å²) in [7, 11) is 0. The molecule has 1 aliphatic heterocycles. The van der Waals surface area contributed by atoms with Crippen LogP contribution in [0, 0.1) is 0 Å². The molecule has 1 saturated heterocycles. The zero-order valence-corrected chi connectivity index (χ0v) is 10.6. The van der Waals surface area contributed by atoms with Gasteiger partial charge in [0.1, 0.15) is 12.1 Å². The van der Waals surface area contributed by atoms with E-state index in [2.05, 4.69) is 20.1 Å². The lowest BCUT2D eigenvalue weighted by molar-refractivity contribution is 0.254. The zero-order valence-electron chi connectivity index (χ0n) is 10.6. The normalized spacial score (nSPS) is 20.7. The summed E-state index contributed by atoms with van der Waals surface area (Å²) in [5, 5.41) is 15.9. The van der Waals surface area contributed by atoms with Crippen molar-refractivity contribution in [3.63, 3.8) is 0 Å². The molecule has 2 aromatic heterocycles. The van der Waals surface area contributed by atoms with Gasteiger partial charge < -0.3 is 10.0 Å². The number of hydrogen-bond donors (Lipinski definition) is 2. The predicted octanol–water partition coefficient (Wildman–Crippen LogP) is 0.159. The van der Waals surface area contributed by atoms with E-state index in [9.17, 15) is 9.90 Å². The van der Waals surface area contributed by atoms with Crippen molar-refractivity contribution >= 4 is 11.5 Å². The summed E-state index contributed by atoms with van der Waals surface area (Å²) >= 11 is 0. The molecule has 0 spiro atoms. The van der Waals surface area contributed by atoms with Crippen LogP contribution in [-0.4, -0.2) is 43.9 Å². The van der Waals surface area contributed by atoms with E-state index in [1.54, 1.807) is 6.07 Å². The molecule has 0 aromatic carbocycles. The number of aliphatic hydroxyl groups excluding tert-OH is 1. The summed E-state index contributed by atoms with van der Waals surface area (Å²) in [5.41, 5.74) is 0.263. The van der Waals surface area contributed by atoms with Crippen LogP contribution in [0.4, 0.5) is 5.82 Å². The van der Waals surface area contributed by atoms with Gasteiger partial charge in [0.05, 0.1) is 12.6 Å². The highest BCUT2D eigenvalue weighted by Gasteiger charge is 2.22. The number of fused-ring (bicyclic) bond motifs is 1. The van der Waals surface area contributed by atoms with Gasteiger partial charge in [0.15, 0.2) is 5.65 Å². The molecule has 102 valence electrons. The molecule has 0 aliphatic carbocycles. The Kier molecular flexibility index (Phi) is 3.20. The molecule has 3 rings (SSSR count). The molecular weight excluding hydrogens is 246 g/mol. The summed E-state index contributed by atoms with van der Waals surface area (Å²) in [6.45, 7) is 1.00. The Bertz CT molecular complexity index is 620. The van der Waals surface area contributed by atoms with Crippen LogP contribution in [0.3, 0.4) is 0 Å². The molecule has 0 amide bonds. The lowest BCUT2D eigenvalue weighted by atomic mass is 10.1. The first-order valence-corrected chi connectivity index (χ1v) is 6.60. The highest BCUT2D eigenvalue weighted by Crippen LogP contribution is 2.22. The first kappa shape index (κ1) is 12.2. The Morgan fingerprint density at radius 2 is 2.32 bits per heavy atom. The van der Waals surface area contributed by atoms with Crippen molar-refractivity contribution < 1.29 is 5.11 Å². The maximum Gasteiger partial charge on any atom is 0.348 e. The minimum Gasteiger partial charge on any atom is -0.394 e. The Morgan fingerprint density at radius 1 is 1.42 bits per heavy atom. The van der Waals surface area contributed by atoms with Crippen molar-refractivity contribution in [3.05, 3.63) is 22.9 Å². The smallest absolute Gasteiger partial charge is 0.348 e. The molecule has 0 radical (unpaired) electrons. The molecule has 7 heteroatoms. The Morgan fingerprint density at radius 3 is 3.16 bits per heavy atom. The fraction of sp³-hybridized carbons (Fsp3) is 0.583. The van der Waals surface area contributed by atoms with Gasteiger partial charge in [-0.05, 0) is 12.8 Å². The number of nitrogens with zero attached hydrogens (tertiary/aromatic N) is 4. The molecule has 7 nitrogen and oxygen atoms in total. The molecule has 2 aromatic rings. The van der Waals surface area contributed by atoms with Gasteiger partial charge in [-0.2, -0.15) is 5.10 Å². The summed E-state index contributed by atoms with van der Waals surface area (Å²) in [4.78, 5) is 17.8. The lowest BCUT2D eigenvalue weighted by Gasteiger charge is -2.29. The van der Waals surface area contributed by atoms with Crippen LogP contribution in [-0.2, 0) is 0 Å². The van der Waals surface area contributed by atoms with Crippen LogP contribution in [0.1, 0.15) is 25.7 Å². The van der Waals surface area contributed by atoms with Crippen LogP contribution >= 0.6 is 0 Å². The van der Waals surface area contributed by atoms with Gasteiger partial charge in [-0.1, -0.05) is 12.8 Å². The zero-order chi connectivity index (χ0) is 13.2. The number of aromatic nitrogens is 4. The molecule has 1 fully saturated rings. The quantitative estimate of drug-likeness (QED) is 0.806. The van der Waals surface area contributed by atoms with Crippen molar-refractivity contribution in [2.75, 3.05) is 18.1 Å². The second-order valence-electron chi connectivity index (χ2n) is 4.88. The van der Waals surface area contributed by atoms with Crippen LogP contribution in [0.25, 0.3) is 5.65 Å². The van der Waals surface area contributed by atoms with E-state index in [0.29, 0.717) is 5.65 Å². The van der Waals surface area contributed by atoms with Crippen molar-refractivity contribution in [2.24, 2.45) is 0 Å². The predicted molar refractivity (Wildman–Crippen MR) is 70.3 cm³/mol. The molecule has 3 heterocycles. The fourth-order valence-electron chi connectivity index (χ4n) is 2.63. The largest absolute Gasteiger partial charge is 0.394 e. The van der Waals surface area contributed by atoms with Gasteiger partial charge in [-0.15, -0.1) is 0 Å². The highest BCUT2D eigenvalue weighted by atomic mass is 16.3. The number of nitrogens with one attached hydrogen (secondary N) is 1. The molecule has 19 heavy (non-hydrogen) atoms. The summed E-state index contributed by atoms with van der Waals surface area (Å²) in [5.74, 6) is 0.771. The number of H-pyrrole nitrogens is 1. The average molecular weight is 263 g/mol. The second-order valence-corrected chi connectivity index (χ2v) is 4.88. The molecule has 1 unspecified atom stereocenters. The van der Waals surface area contributed by atoms with E-state index in [1.807, 2.05) is 0 Å². The van der Waals surface area contributed by atoms with Gasteiger partial charge in [-0.25, -0.2) is 19.3 Å². The lowest BCUT2D eigenvalue weighted by Crippen LogP contribution is -2.38. The molecule has 1 atom stereocenters. The van der Waals surface area contributed by atoms with E-state index in [0.717, 1.165) is 31.6 Å². The van der Waals surface area contributed by atoms with Gasteiger partial charge in [0, 0.05) is 12.6 Å². The number of hydrogen-bond acceptors (Lipinski definition) is 5. The minimum absolute atomic E-state index is 0.100. The van der Waals surface area contributed by atoms with Gasteiger partial charge in [0.2, 0.25) is 0 Å². The molecule has 1 aliphatic rings. The maximum absolute atomic E-state index is 11.4. The summed E-state index contributed by atoms with van der Waals surface area (Å²) in [6, 6.07) is 1.88. The molecule has 0 saturated carbocycles. The fourth-order valence-corrected chi connectivity index (χ4v) is 2.63. The summed E-state index contributed by atoms with van der Waals surface area (Å²) in [6.07, 6.45) is 5.85. The maximum atomic E-state index is 11.4. The standard InChI is InChI=1S/C12H17N5O2/c18-7-9-4-2-1-3-5-16(9)10-6-11-14-15-12(19)17(11)8-13-10/h6,8-9,18H,1-5,7H2,(H,15,19). The van der Waals surface area contributed by atoms with E-state index >= 15 is 0 Å². The van der Waals surface area contributed by atoms with E-state index in [1.165, 1.54) is 17.1 Å². The number of rotatable bonds is 2. The first-order chi connectivity index (χ1) is 9.29. The van der Waals surface area contributed by atoms with E-state index in [-0.39, 0.29) is 18.3 Å². The number of aromatic amines is 1. The van der Waals surface area contributed by atoms with Gasteiger partial charge in [0.25, 0.3) is 0 Å². The molecular formula is C12H17N5O2. The first-order valence-electron chi connectivity index (χ1n) is 6.60. The van der Waals surface area contributed by atoms with Crippen LogP contribution in [0.2, 0.25) is 0 Å². The monoisotopic (exact) mass is 263 g/mol. The van der Waals surface area contributed by atoms with Crippen molar-refractivity contribution in [3.8, 4) is 0 Å². The number of anilines is 1. The third kappa shape index (κ3) is 2.21. The topological polar surface area (TPSA) is 86.5 Å². The van der Waals surface area contributed by atoms with Crippen LogP contribution < -0.4 is 10.6 Å².